The molecular weight excluding hydrogens is 236 g/mol. The van der Waals surface area contributed by atoms with Gasteiger partial charge in [-0.2, -0.15) is 0 Å². The van der Waals surface area contributed by atoms with Crippen molar-refractivity contribution in [2.24, 2.45) is 0 Å². The lowest BCUT2D eigenvalue weighted by atomic mass is 10.2. The molecule has 0 saturated carbocycles. The van der Waals surface area contributed by atoms with Gasteiger partial charge in [-0.15, -0.1) is 0 Å². The Morgan fingerprint density at radius 2 is 1.88 bits per heavy atom. The average Bonchev–Trinajstić information content (AvgIpc) is 2.73. The molecule has 0 aromatic heterocycles. The standard InChI is InChI=1S/C12H16N2O2S/c13-12-8-4-1-5-10(12)9-17(15,16)14-11-6-2-3-7-11/h1-5,8,11,14H,6-7,9,13H2. The number of sulfonamides is 1. The second-order valence-electron chi connectivity index (χ2n) is 4.22. The van der Waals surface area contributed by atoms with Gasteiger partial charge >= 0.3 is 0 Å². The first-order valence-electron chi connectivity index (χ1n) is 5.55. The van der Waals surface area contributed by atoms with Crippen molar-refractivity contribution in [3.63, 3.8) is 0 Å². The predicted octanol–water partition coefficient (Wildman–Crippen LogP) is 1.41. The third kappa shape index (κ3) is 3.31. The van der Waals surface area contributed by atoms with Gasteiger partial charge < -0.3 is 5.73 Å². The number of nitrogens with one attached hydrogen (secondary N) is 1. The predicted molar refractivity (Wildman–Crippen MR) is 68.8 cm³/mol. The van der Waals surface area contributed by atoms with E-state index in [1.54, 1.807) is 24.3 Å². The average molecular weight is 252 g/mol. The van der Waals surface area contributed by atoms with Crippen molar-refractivity contribution in [1.29, 1.82) is 0 Å². The van der Waals surface area contributed by atoms with Gasteiger partial charge in [-0.1, -0.05) is 30.4 Å². The van der Waals surface area contributed by atoms with Gasteiger partial charge in [0.1, 0.15) is 0 Å². The number of nitrogen functional groups attached to an aromatic ring is 1. The third-order valence-electron chi connectivity index (χ3n) is 2.75. The second-order valence-corrected chi connectivity index (χ2v) is 5.97. The van der Waals surface area contributed by atoms with Crippen LogP contribution >= 0.6 is 0 Å². The zero-order valence-corrected chi connectivity index (χ0v) is 10.3. The molecule has 1 aliphatic carbocycles. The molecule has 0 heterocycles. The minimum Gasteiger partial charge on any atom is -0.398 e. The van der Waals surface area contributed by atoms with Crippen LogP contribution in [-0.2, 0) is 15.8 Å². The Balaban J connectivity index is 2.04. The fraction of sp³-hybridized carbons (Fsp3) is 0.333. The van der Waals surface area contributed by atoms with Crippen molar-refractivity contribution in [3.8, 4) is 0 Å². The summed E-state index contributed by atoms with van der Waals surface area (Å²) in [5.74, 6) is -0.0594. The lowest BCUT2D eigenvalue weighted by Gasteiger charge is -2.13. The largest absolute Gasteiger partial charge is 0.398 e. The Labute approximate surface area is 102 Å². The highest BCUT2D eigenvalue weighted by atomic mass is 32.2. The molecule has 0 saturated heterocycles. The van der Waals surface area contributed by atoms with Crippen molar-refractivity contribution in [2.75, 3.05) is 5.73 Å². The molecule has 92 valence electrons. The normalized spacial score (nSPS) is 16.5. The van der Waals surface area contributed by atoms with Gasteiger partial charge in [-0.25, -0.2) is 13.1 Å². The molecule has 0 aliphatic heterocycles. The first-order chi connectivity index (χ1) is 8.07. The van der Waals surface area contributed by atoms with E-state index in [0.717, 1.165) is 12.8 Å². The van der Waals surface area contributed by atoms with Crippen LogP contribution in [0.4, 0.5) is 5.69 Å². The van der Waals surface area contributed by atoms with Crippen molar-refractivity contribution in [2.45, 2.75) is 24.6 Å². The van der Waals surface area contributed by atoms with E-state index in [4.69, 9.17) is 5.73 Å². The summed E-state index contributed by atoms with van der Waals surface area (Å²) in [6.07, 6.45) is 5.52. The van der Waals surface area contributed by atoms with E-state index in [9.17, 15) is 8.42 Å². The highest BCUT2D eigenvalue weighted by Crippen LogP contribution is 2.16. The molecule has 0 bridgehead atoms. The molecule has 0 unspecified atom stereocenters. The van der Waals surface area contributed by atoms with E-state index in [-0.39, 0.29) is 11.8 Å². The van der Waals surface area contributed by atoms with Gasteiger partial charge in [0.15, 0.2) is 0 Å². The minimum absolute atomic E-state index is 0.00457. The Bertz CT molecular complexity index is 515. The van der Waals surface area contributed by atoms with Crippen LogP contribution in [0.2, 0.25) is 0 Å². The molecule has 1 aromatic rings. The van der Waals surface area contributed by atoms with Gasteiger partial charge in [0, 0.05) is 11.7 Å². The maximum atomic E-state index is 11.9. The van der Waals surface area contributed by atoms with Crippen LogP contribution in [0.15, 0.2) is 36.4 Å². The van der Waals surface area contributed by atoms with Crippen molar-refractivity contribution >= 4 is 15.7 Å². The highest BCUT2D eigenvalue weighted by molar-refractivity contribution is 7.88. The van der Waals surface area contributed by atoms with Crippen molar-refractivity contribution < 1.29 is 8.42 Å². The van der Waals surface area contributed by atoms with Gasteiger partial charge in [0.25, 0.3) is 0 Å². The topological polar surface area (TPSA) is 72.2 Å². The molecule has 1 aromatic carbocycles. The minimum atomic E-state index is -3.31. The van der Waals surface area contributed by atoms with Crippen molar-refractivity contribution in [1.82, 2.24) is 4.72 Å². The third-order valence-corrected chi connectivity index (χ3v) is 4.14. The zero-order valence-electron chi connectivity index (χ0n) is 9.46. The number of rotatable bonds is 4. The number of nitrogens with two attached hydrogens (primary N) is 1. The zero-order chi connectivity index (χ0) is 12.3. The van der Waals surface area contributed by atoms with E-state index in [0.29, 0.717) is 11.3 Å². The summed E-state index contributed by atoms with van der Waals surface area (Å²) < 4.78 is 26.5. The maximum absolute atomic E-state index is 11.9. The van der Waals surface area contributed by atoms with Gasteiger partial charge in [0.05, 0.1) is 5.75 Å². The molecule has 3 N–H and O–H groups in total. The number of para-hydroxylation sites is 1. The first kappa shape index (κ1) is 12.1. The maximum Gasteiger partial charge on any atom is 0.216 e. The SMILES string of the molecule is Nc1ccccc1CS(=O)(=O)NC1CC=CC1. The second kappa shape index (κ2) is 4.89. The monoisotopic (exact) mass is 252 g/mol. The molecule has 0 radical (unpaired) electrons. The van der Waals surface area contributed by atoms with Crippen LogP contribution in [0.5, 0.6) is 0 Å². The number of anilines is 1. The summed E-state index contributed by atoms with van der Waals surface area (Å²) in [4.78, 5) is 0. The number of hydrogen-bond donors (Lipinski definition) is 2. The molecule has 17 heavy (non-hydrogen) atoms. The Morgan fingerprint density at radius 3 is 2.53 bits per heavy atom. The van der Waals surface area contributed by atoms with E-state index in [1.807, 2.05) is 12.2 Å². The quantitative estimate of drug-likeness (QED) is 0.628. The van der Waals surface area contributed by atoms with Crippen LogP contribution < -0.4 is 10.5 Å². The summed E-state index contributed by atoms with van der Waals surface area (Å²) in [5.41, 5.74) is 6.89. The van der Waals surface area contributed by atoms with Gasteiger partial charge in [-0.05, 0) is 24.5 Å². The first-order valence-corrected chi connectivity index (χ1v) is 7.20. The number of hydrogen-bond acceptors (Lipinski definition) is 3. The fourth-order valence-electron chi connectivity index (χ4n) is 1.88. The Morgan fingerprint density at radius 1 is 1.24 bits per heavy atom. The number of benzene rings is 1. The molecule has 0 fully saturated rings. The van der Waals surface area contributed by atoms with Crippen LogP contribution in [-0.4, -0.2) is 14.5 Å². The van der Waals surface area contributed by atoms with Crippen LogP contribution in [0, 0.1) is 0 Å². The Hall–Kier alpha value is -1.33. The smallest absolute Gasteiger partial charge is 0.216 e. The molecule has 2 rings (SSSR count). The van der Waals surface area contributed by atoms with E-state index >= 15 is 0 Å². The van der Waals surface area contributed by atoms with E-state index < -0.39 is 10.0 Å². The fourth-order valence-corrected chi connectivity index (χ4v) is 3.34. The summed E-state index contributed by atoms with van der Waals surface area (Å²) in [6.45, 7) is 0. The summed E-state index contributed by atoms with van der Waals surface area (Å²) in [6, 6.07) is 7.03. The molecule has 1 aliphatic rings. The Kier molecular flexibility index (Phi) is 3.49. The lowest BCUT2D eigenvalue weighted by Crippen LogP contribution is -2.33. The van der Waals surface area contributed by atoms with Gasteiger partial charge in [0.2, 0.25) is 10.0 Å². The highest BCUT2D eigenvalue weighted by Gasteiger charge is 2.19. The van der Waals surface area contributed by atoms with Crippen LogP contribution in [0.25, 0.3) is 0 Å². The lowest BCUT2D eigenvalue weighted by molar-refractivity contribution is 0.557. The summed E-state index contributed by atoms with van der Waals surface area (Å²) in [7, 11) is -3.31. The van der Waals surface area contributed by atoms with Gasteiger partial charge in [-0.3, -0.25) is 0 Å². The van der Waals surface area contributed by atoms with Crippen LogP contribution in [0.3, 0.4) is 0 Å². The summed E-state index contributed by atoms with van der Waals surface area (Å²) in [5, 5.41) is 0. The van der Waals surface area contributed by atoms with E-state index in [1.165, 1.54) is 0 Å². The molecule has 0 amide bonds. The molecular formula is C12H16N2O2S. The molecule has 0 atom stereocenters. The van der Waals surface area contributed by atoms with Crippen molar-refractivity contribution in [3.05, 3.63) is 42.0 Å². The molecule has 0 spiro atoms. The van der Waals surface area contributed by atoms with E-state index in [2.05, 4.69) is 4.72 Å². The molecule has 4 nitrogen and oxygen atoms in total. The molecule has 5 heteroatoms. The summed E-state index contributed by atoms with van der Waals surface area (Å²) >= 11 is 0. The van der Waals surface area contributed by atoms with Crippen LogP contribution in [0.1, 0.15) is 18.4 Å².